The summed E-state index contributed by atoms with van der Waals surface area (Å²) in [4.78, 5) is 34.5. The average molecular weight is 401 g/mol. The van der Waals surface area contributed by atoms with Crippen molar-refractivity contribution < 1.29 is 4.74 Å². The lowest BCUT2D eigenvalue weighted by atomic mass is 9.96. The molecule has 1 aromatic carbocycles. The number of hydrogen-bond donors (Lipinski definition) is 0. The van der Waals surface area contributed by atoms with Crippen LogP contribution in [0, 0.1) is 0 Å². The number of methoxy groups -OCH3 is 1. The summed E-state index contributed by atoms with van der Waals surface area (Å²) >= 11 is 1.45. The van der Waals surface area contributed by atoms with Crippen LogP contribution in [0.3, 0.4) is 0 Å². The monoisotopic (exact) mass is 400 g/mol. The number of rotatable bonds is 4. The van der Waals surface area contributed by atoms with Crippen molar-refractivity contribution in [3.8, 4) is 5.75 Å². The third-order valence-electron chi connectivity index (χ3n) is 4.45. The van der Waals surface area contributed by atoms with Gasteiger partial charge in [0, 0.05) is 25.3 Å². The first kappa shape index (κ1) is 20.1. The maximum absolute atomic E-state index is 12.8. The Morgan fingerprint density at radius 2 is 1.82 bits per heavy atom. The van der Waals surface area contributed by atoms with E-state index in [0.29, 0.717) is 27.6 Å². The highest BCUT2D eigenvalue weighted by Gasteiger charge is 2.23. The van der Waals surface area contributed by atoms with Crippen molar-refractivity contribution in [2.45, 2.75) is 37.0 Å². The van der Waals surface area contributed by atoms with Gasteiger partial charge in [0.15, 0.2) is 5.65 Å². The van der Waals surface area contributed by atoms with E-state index >= 15 is 0 Å². The molecule has 3 aromatic rings. The minimum atomic E-state index is -0.403. The maximum atomic E-state index is 12.8. The number of benzene rings is 1. The molecule has 8 heteroatoms. The molecular formula is C20H24N4O3S. The van der Waals surface area contributed by atoms with Gasteiger partial charge in [-0.05, 0) is 17.7 Å². The summed E-state index contributed by atoms with van der Waals surface area (Å²) in [6.07, 6.45) is 0. The van der Waals surface area contributed by atoms with E-state index in [1.165, 1.54) is 23.4 Å². The van der Waals surface area contributed by atoms with E-state index < -0.39 is 5.69 Å². The molecule has 148 valence electrons. The fourth-order valence-electron chi connectivity index (χ4n) is 2.78. The van der Waals surface area contributed by atoms with Crippen molar-refractivity contribution in [1.82, 2.24) is 19.1 Å². The van der Waals surface area contributed by atoms with Gasteiger partial charge in [-0.15, -0.1) is 11.8 Å². The molecule has 0 saturated heterocycles. The number of fused-ring (bicyclic) bond motifs is 1. The summed E-state index contributed by atoms with van der Waals surface area (Å²) in [5.74, 6) is 1.98. The molecule has 0 spiro atoms. The minimum absolute atomic E-state index is 0.323. The lowest BCUT2D eigenvalue weighted by Crippen LogP contribution is -2.38. The summed E-state index contributed by atoms with van der Waals surface area (Å²) in [7, 11) is 4.72. The van der Waals surface area contributed by atoms with Crippen LogP contribution < -0.4 is 16.0 Å². The standard InChI is InChI=1S/C20H24N4O3S/c1-20(2,3)18-21-15-14(17(25)24(5)19(26)23(15)4)16(22-18)28-11-12-8-7-9-13(10-12)27-6/h7-10H,11H2,1-6H3. The first-order valence-corrected chi connectivity index (χ1v) is 9.86. The Labute approximate surface area is 167 Å². The highest BCUT2D eigenvalue weighted by molar-refractivity contribution is 7.98. The molecule has 2 heterocycles. The van der Waals surface area contributed by atoms with Gasteiger partial charge in [0.2, 0.25) is 0 Å². The molecule has 7 nitrogen and oxygen atoms in total. The second-order valence-corrected chi connectivity index (χ2v) is 8.61. The van der Waals surface area contributed by atoms with Crippen molar-refractivity contribution in [3.63, 3.8) is 0 Å². The smallest absolute Gasteiger partial charge is 0.332 e. The summed E-state index contributed by atoms with van der Waals surface area (Å²) < 4.78 is 7.78. The van der Waals surface area contributed by atoms with Crippen LogP contribution in [-0.2, 0) is 25.3 Å². The summed E-state index contributed by atoms with van der Waals surface area (Å²) in [6.45, 7) is 6.01. The molecule has 2 aromatic heterocycles. The van der Waals surface area contributed by atoms with E-state index in [1.54, 1.807) is 14.2 Å². The molecule has 0 radical (unpaired) electrons. The quantitative estimate of drug-likeness (QED) is 0.495. The van der Waals surface area contributed by atoms with Crippen LogP contribution in [-0.4, -0.2) is 26.2 Å². The molecule has 0 saturated carbocycles. The van der Waals surface area contributed by atoms with Crippen LogP contribution in [0.5, 0.6) is 5.75 Å². The molecule has 0 amide bonds. The summed E-state index contributed by atoms with van der Waals surface area (Å²) in [6, 6.07) is 7.76. The molecule has 0 bridgehead atoms. The van der Waals surface area contributed by atoms with Crippen LogP contribution in [0.15, 0.2) is 38.9 Å². The predicted octanol–water partition coefficient (Wildman–Crippen LogP) is 2.63. The second kappa shape index (κ2) is 7.43. The average Bonchev–Trinajstić information content (AvgIpc) is 2.67. The first-order valence-electron chi connectivity index (χ1n) is 8.87. The molecule has 0 unspecified atom stereocenters. The fraction of sp³-hybridized carbons (Fsp3) is 0.400. The largest absolute Gasteiger partial charge is 0.497 e. The van der Waals surface area contributed by atoms with Crippen LogP contribution in [0.2, 0.25) is 0 Å². The lowest BCUT2D eigenvalue weighted by Gasteiger charge is -2.19. The predicted molar refractivity (Wildman–Crippen MR) is 111 cm³/mol. The number of nitrogens with zero attached hydrogens (tertiary/aromatic N) is 4. The van der Waals surface area contributed by atoms with Gasteiger partial charge in [-0.3, -0.25) is 13.9 Å². The summed E-state index contributed by atoms with van der Waals surface area (Å²) in [5, 5.41) is 0.944. The number of ether oxygens (including phenoxy) is 1. The number of thioether (sulfide) groups is 1. The Balaban J connectivity index is 2.19. The van der Waals surface area contributed by atoms with Crippen molar-refractivity contribution in [2.24, 2.45) is 14.1 Å². The zero-order valence-corrected chi connectivity index (χ0v) is 17.8. The highest BCUT2D eigenvalue weighted by atomic mass is 32.2. The van der Waals surface area contributed by atoms with E-state index in [9.17, 15) is 9.59 Å². The molecule has 0 aliphatic carbocycles. The van der Waals surface area contributed by atoms with E-state index in [0.717, 1.165) is 15.9 Å². The van der Waals surface area contributed by atoms with Crippen LogP contribution in [0.4, 0.5) is 0 Å². The highest BCUT2D eigenvalue weighted by Crippen LogP contribution is 2.29. The molecule has 0 fully saturated rings. The van der Waals surface area contributed by atoms with E-state index in [4.69, 9.17) is 9.72 Å². The maximum Gasteiger partial charge on any atom is 0.332 e. The Hall–Kier alpha value is -2.61. The fourth-order valence-corrected chi connectivity index (χ4v) is 3.74. The topological polar surface area (TPSA) is 79.0 Å². The lowest BCUT2D eigenvalue weighted by molar-refractivity contribution is 0.414. The van der Waals surface area contributed by atoms with Crippen molar-refractivity contribution in [2.75, 3.05) is 7.11 Å². The van der Waals surface area contributed by atoms with E-state index in [-0.39, 0.29) is 11.0 Å². The molecule has 0 atom stereocenters. The minimum Gasteiger partial charge on any atom is -0.497 e. The number of aromatic nitrogens is 4. The van der Waals surface area contributed by atoms with Gasteiger partial charge in [-0.2, -0.15) is 0 Å². The Bertz CT molecular complexity index is 1160. The Kier molecular flexibility index (Phi) is 5.34. The molecular weight excluding hydrogens is 376 g/mol. The molecule has 0 aliphatic heterocycles. The Morgan fingerprint density at radius 1 is 1.11 bits per heavy atom. The van der Waals surface area contributed by atoms with Gasteiger partial charge < -0.3 is 4.74 Å². The van der Waals surface area contributed by atoms with Gasteiger partial charge in [0.25, 0.3) is 5.56 Å². The Morgan fingerprint density at radius 3 is 2.46 bits per heavy atom. The molecule has 0 aliphatic rings. The van der Waals surface area contributed by atoms with Gasteiger partial charge in [0.1, 0.15) is 22.0 Å². The van der Waals surface area contributed by atoms with Crippen LogP contribution >= 0.6 is 11.8 Å². The SMILES string of the molecule is COc1cccc(CSc2nc(C(C)(C)C)nc3c2c(=O)n(C)c(=O)n3C)c1. The third kappa shape index (κ3) is 3.69. The number of hydrogen-bond acceptors (Lipinski definition) is 6. The third-order valence-corrected chi connectivity index (χ3v) is 5.49. The first-order chi connectivity index (χ1) is 13.1. The van der Waals surface area contributed by atoms with Gasteiger partial charge in [-0.1, -0.05) is 32.9 Å². The van der Waals surface area contributed by atoms with Crippen molar-refractivity contribution >= 4 is 22.8 Å². The van der Waals surface area contributed by atoms with E-state index in [1.807, 2.05) is 45.0 Å². The summed E-state index contributed by atoms with van der Waals surface area (Å²) in [5.41, 5.74) is 0.305. The van der Waals surface area contributed by atoms with E-state index in [2.05, 4.69) is 4.98 Å². The molecule has 28 heavy (non-hydrogen) atoms. The van der Waals surface area contributed by atoms with Crippen LogP contribution in [0.1, 0.15) is 32.2 Å². The molecule has 0 N–H and O–H groups in total. The second-order valence-electron chi connectivity index (χ2n) is 7.65. The molecule has 3 rings (SSSR count). The van der Waals surface area contributed by atoms with Gasteiger partial charge in [-0.25, -0.2) is 14.8 Å². The van der Waals surface area contributed by atoms with Gasteiger partial charge >= 0.3 is 5.69 Å². The normalized spacial score (nSPS) is 11.8. The zero-order chi connectivity index (χ0) is 20.6. The van der Waals surface area contributed by atoms with Crippen molar-refractivity contribution in [1.29, 1.82) is 0 Å². The zero-order valence-electron chi connectivity index (χ0n) is 16.9. The van der Waals surface area contributed by atoms with Gasteiger partial charge in [0.05, 0.1) is 7.11 Å². The number of aryl methyl sites for hydroxylation is 1. The van der Waals surface area contributed by atoms with Crippen molar-refractivity contribution in [3.05, 3.63) is 56.5 Å². The van der Waals surface area contributed by atoms with Crippen LogP contribution in [0.25, 0.3) is 11.0 Å².